The molecule has 4 atom stereocenters. The summed E-state index contributed by atoms with van der Waals surface area (Å²) in [4.78, 5) is 27.9. The van der Waals surface area contributed by atoms with Gasteiger partial charge in [-0.2, -0.15) is 0 Å². The normalized spacial score (nSPS) is 34.0. The van der Waals surface area contributed by atoms with Gasteiger partial charge >= 0.3 is 0 Å². The Morgan fingerprint density at radius 1 is 1.17 bits per heavy atom. The number of amides is 2. The minimum atomic E-state index is -0.651. The molecular formula is C17H28N2O5. The molecule has 1 aliphatic carbocycles. The minimum Gasteiger partial charge on any atom is -0.389 e. The third kappa shape index (κ3) is 4.07. The van der Waals surface area contributed by atoms with Crippen molar-refractivity contribution in [1.29, 1.82) is 0 Å². The number of β-amino-alcohol motifs (C(OH)–C–C–N with tert-alkyl or cyclic N) is 1. The lowest BCUT2D eigenvalue weighted by Gasteiger charge is -2.44. The van der Waals surface area contributed by atoms with E-state index in [1.165, 1.54) is 0 Å². The Kier molecular flexibility index (Phi) is 5.42. The van der Waals surface area contributed by atoms with Crippen LogP contribution >= 0.6 is 0 Å². The van der Waals surface area contributed by atoms with E-state index in [0.717, 1.165) is 25.7 Å². The van der Waals surface area contributed by atoms with Gasteiger partial charge in [0.1, 0.15) is 6.10 Å². The largest absolute Gasteiger partial charge is 0.389 e. The molecule has 2 heterocycles. The second-order valence-corrected chi connectivity index (χ2v) is 7.39. The molecule has 1 saturated carbocycles. The number of rotatable bonds is 3. The van der Waals surface area contributed by atoms with Crippen molar-refractivity contribution in [3.8, 4) is 0 Å². The second-order valence-electron chi connectivity index (χ2n) is 7.39. The highest BCUT2D eigenvalue weighted by Crippen LogP contribution is 2.35. The zero-order valence-electron chi connectivity index (χ0n) is 14.5. The molecule has 0 aromatic rings. The van der Waals surface area contributed by atoms with Crippen molar-refractivity contribution in [2.75, 3.05) is 33.9 Å². The van der Waals surface area contributed by atoms with Crippen LogP contribution in [-0.4, -0.2) is 84.9 Å². The van der Waals surface area contributed by atoms with Crippen LogP contribution in [0.2, 0.25) is 0 Å². The summed E-state index contributed by atoms with van der Waals surface area (Å²) in [6.07, 6.45) is 2.76. The van der Waals surface area contributed by atoms with Crippen molar-refractivity contribution in [1.82, 2.24) is 9.80 Å². The second kappa shape index (κ2) is 7.37. The van der Waals surface area contributed by atoms with E-state index in [2.05, 4.69) is 0 Å². The van der Waals surface area contributed by atoms with Crippen molar-refractivity contribution < 1.29 is 24.2 Å². The number of nitrogens with zero attached hydrogens (tertiary/aromatic N) is 2. The number of hydrogen-bond donors (Lipinski definition) is 1. The van der Waals surface area contributed by atoms with E-state index in [1.54, 1.807) is 19.0 Å². The molecule has 0 aromatic carbocycles. The Labute approximate surface area is 142 Å². The lowest BCUT2D eigenvalue weighted by atomic mass is 9.94. The lowest BCUT2D eigenvalue weighted by Crippen LogP contribution is -2.57. The number of aliphatic hydroxyl groups is 1. The standard InChI is InChI=1S/C17H28N2O5/c1-18(2)16(21)7-13-5-6-14-15(24-13)10-23-9-12(20)8-19(14)17(22)11-3-4-11/h11-15,20H,3-10H2,1-2H3/t12-,13-,14+,15-/m0/s1. The Hall–Kier alpha value is -1.18. The van der Waals surface area contributed by atoms with Crippen LogP contribution in [0.3, 0.4) is 0 Å². The first-order chi connectivity index (χ1) is 11.5. The zero-order valence-corrected chi connectivity index (χ0v) is 14.5. The van der Waals surface area contributed by atoms with Gasteiger partial charge in [0.15, 0.2) is 0 Å². The highest BCUT2D eigenvalue weighted by atomic mass is 16.5. The van der Waals surface area contributed by atoms with Crippen molar-refractivity contribution in [3.05, 3.63) is 0 Å². The first kappa shape index (κ1) is 17.6. The minimum absolute atomic E-state index is 0.0477. The van der Waals surface area contributed by atoms with Gasteiger partial charge in [-0.1, -0.05) is 0 Å². The van der Waals surface area contributed by atoms with E-state index in [4.69, 9.17) is 9.47 Å². The molecular weight excluding hydrogens is 312 g/mol. The SMILES string of the molecule is CN(C)C(=O)C[C@@H]1CC[C@@H]2[C@H](COC[C@@H](O)CN2C(=O)C2CC2)O1. The molecule has 24 heavy (non-hydrogen) atoms. The Bertz CT molecular complexity index is 480. The van der Waals surface area contributed by atoms with Crippen molar-refractivity contribution in [2.45, 2.75) is 56.5 Å². The van der Waals surface area contributed by atoms with Gasteiger partial charge in [-0.3, -0.25) is 9.59 Å². The highest BCUT2D eigenvalue weighted by molar-refractivity contribution is 5.81. The van der Waals surface area contributed by atoms with Crippen LogP contribution in [0.15, 0.2) is 0 Å². The van der Waals surface area contributed by atoms with Crippen LogP contribution < -0.4 is 0 Å². The first-order valence-electron chi connectivity index (χ1n) is 8.87. The molecule has 3 rings (SSSR count). The Morgan fingerprint density at radius 3 is 2.58 bits per heavy atom. The quantitative estimate of drug-likeness (QED) is 0.783. The molecule has 2 saturated heterocycles. The Balaban J connectivity index is 1.67. The van der Waals surface area contributed by atoms with Crippen molar-refractivity contribution in [3.63, 3.8) is 0 Å². The van der Waals surface area contributed by atoms with Gasteiger partial charge in [0.05, 0.1) is 37.9 Å². The molecule has 1 N–H and O–H groups in total. The summed E-state index contributed by atoms with van der Waals surface area (Å²) in [5.41, 5.74) is 0. The molecule has 3 aliphatic rings. The van der Waals surface area contributed by atoms with Gasteiger partial charge in [0.2, 0.25) is 11.8 Å². The van der Waals surface area contributed by atoms with Crippen LogP contribution in [0.25, 0.3) is 0 Å². The summed E-state index contributed by atoms with van der Waals surface area (Å²) in [6.45, 7) is 0.867. The number of hydrogen-bond acceptors (Lipinski definition) is 5. The fraction of sp³-hybridized carbons (Fsp3) is 0.882. The highest BCUT2D eigenvalue weighted by Gasteiger charge is 2.43. The third-order valence-corrected chi connectivity index (χ3v) is 5.09. The van der Waals surface area contributed by atoms with Gasteiger partial charge in [0.25, 0.3) is 0 Å². The fourth-order valence-corrected chi connectivity index (χ4v) is 3.54. The third-order valence-electron chi connectivity index (χ3n) is 5.09. The van der Waals surface area contributed by atoms with Crippen LogP contribution in [0.4, 0.5) is 0 Å². The maximum Gasteiger partial charge on any atom is 0.226 e. The fourth-order valence-electron chi connectivity index (χ4n) is 3.54. The first-order valence-corrected chi connectivity index (χ1v) is 8.87. The van der Waals surface area contributed by atoms with Crippen LogP contribution in [0.1, 0.15) is 32.1 Å². The molecule has 0 unspecified atom stereocenters. The van der Waals surface area contributed by atoms with Crippen molar-refractivity contribution in [2.24, 2.45) is 5.92 Å². The van der Waals surface area contributed by atoms with Crippen LogP contribution in [0.5, 0.6) is 0 Å². The van der Waals surface area contributed by atoms with Crippen LogP contribution in [0, 0.1) is 5.92 Å². The summed E-state index contributed by atoms with van der Waals surface area (Å²) in [6, 6.07) is -0.0706. The van der Waals surface area contributed by atoms with E-state index in [-0.39, 0.29) is 42.6 Å². The molecule has 7 heteroatoms. The number of aliphatic hydroxyl groups excluding tert-OH is 1. The maximum absolute atomic E-state index is 12.6. The number of carbonyl (C=O) groups excluding carboxylic acids is 2. The summed E-state index contributed by atoms with van der Waals surface area (Å²) in [5.74, 6) is 0.301. The predicted octanol–water partition coefficient (Wildman–Crippen LogP) is 0.0106. The topological polar surface area (TPSA) is 79.3 Å². The summed E-state index contributed by atoms with van der Waals surface area (Å²) >= 11 is 0. The van der Waals surface area contributed by atoms with E-state index in [9.17, 15) is 14.7 Å². The van der Waals surface area contributed by atoms with E-state index in [0.29, 0.717) is 19.6 Å². The molecule has 2 aliphatic heterocycles. The molecule has 0 radical (unpaired) electrons. The lowest BCUT2D eigenvalue weighted by molar-refractivity contribution is -0.171. The maximum atomic E-state index is 12.6. The Morgan fingerprint density at radius 2 is 1.92 bits per heavy atom. The average molecular weight is 340 g/mol. The molecule has 0 bridgehead atoms. The van der Waals surface area contributed by atoms with Gasteiger partial charge in [-0.05, 0) is 25.7 Å². The molecule has 0 aromatic heterocycles. The van der Waals surface area contributed by atoms with Crippen molar-refractivity contribution >= 4 is 11.8 Å². The van der Waals surface area contributed by atoms with Gasteiger partial charge in [-0.15, -0.1) is 0 Å². The summed E-state index contributed by atoms with van der Waals surface area (Å²) in [7, 11) is 3.48. The van der Waals surface area contributed by atoms with Gasteiger partial charge in [-0.25, -0.2) is 0 Å². The summed E-state index contributed by atoms with van der Waals surface area (Å²) in [5, 5.41) is 10.0. The predicted molar refractivity (Wildman–Crippen MR) is 86.3 cm³/mol. The smallest absolute Gasteiger partial charge is 0.226 e. The average Bonchev–Trinajstić information content (AvgIpc) is 3.35. The van der Waals surface area contributed by atoms with Gasteiger partial charge in [0, 0.05) is 26.6 Å². The monoisotopic (exact) mass is 340 g/mol. The molecule has 3 fully saturated rings. The molecule has 0 spiro atoms. The zero-order chi connectivity index (χ0) is 17.3. The van der Waals surface area contributed by atoms with E-state index >= 15 is 0 Å². The number of ether oxygens (including phenoxy) is 2. The molecule has 7 nitrogen and oxygen atoms in total. The number of fused-ring (bicyclic) bond motifs is 1. The molecule has 136 valence electrons. The van der Waals surface area contributed by atoms with E-state index < -0.39 is 6.10 Å². The van der Waals surface area contributed by atoms with E-state index in [1.807, 2.05) is 4.90 Å². The number of carbonyl (C=O) groups is 2. The summed E-state index contributed by atoms with van der Waals surface area (Å²) < 4.78 is 11.7. The van der Waals surface area contributed by atoms with Crippen LogP contribution in [-0.2, 0) is 19.1 Å². The molecule has 2 amide bonds. The van der Waals surface area contributed by atoms with Gasteiger partial charge < -0.3 is 24.4 Å².